The van der Waals surface area contributed by atoms with Crippen molar-refractivity contribution in [2.45, 2.75) is 0 Å². The van der Waals surface area contributed by atoms with Crippen molar-refractivity contribution < 1.29 is 5.21 Å². The number of thiophene rings is 1. The van der Waals surface area contributed by atoms with E-state index < -0.39 is 0 Å². The molecule has 0 aliphatic heterocycles. The van der Waals surface area contributed by atoms with E-state index in [0.717, 1.165) is 10.4 Å². The van der Waals surface area contributed by atoms with Crippen molar-refractivity contribution in [3.63, 3.8) is 0 Å². The van der Waals surface area contributed by atoms with E-state index in [-0.39, 0.29) is 0 Å². The average molecular weight is 153 g/mol. The molecule has 1 aromatic heterocycles. The first-order chi connectivity index (χ1) is 4.88. The average Bonchev–Trinajstić information content (AvgIpc) is 2.36. The van der Waals surface area contributed by atoms with Gasteiger partial charge in [0.15, 0.2) is 0 Å². The molecule has 0 spiro atoms. The van der Waals surface area contributed by atoms with Crippen molar-refractivity contribution in [1.82, 2.24) is 0 Å². The summed E-state index contributed by atoms with van der Waals surface area (Å²) in [5, 5.41) is 13.0. The van der Waals surface area contributed by atoms with Crippen LogP contribution in [-0.4, -0.2) is 11.4 Å². The Labute approximate surface area is 63.1 Å². The monoisotopic (exact) mass is 153 g/mol. The van der Waals surface area contributed by atoms with Crippen LogP contribution in [0, 0.1) is 0 Å². The molecule has 52 valence electrons. The van der Waals surface area contributed by atoms with E-state index in [0.29, 0.717) is 0 Å². The lowest BCUT2D eigenvalue weighted by atomic mass is 10.3. The Morgan fingerprint density at radius 3 is 3.10 bits per heavy atom. The van der Waals surface area contributed by atoms with Gasteiger partial charge in [-0.15, -0.1) is 11.3 Å². The summed E-state index contributed by atoms with van der Waals surface area (Å²) in [4.78, 5) is 1.03. The number of nitrogens with zero attached hydrogens (tertiary/aromatic N) is 1. The van der Waals surface area contributed by atoms with Crippen LogP contribution in [-0.2, 0) is 0 Å². The fraction of sp³-hybridized carbons (Fsp3) is 0. The number of hydrogen-bond donors (Lipinski definition) is 1. The van der Waals surface area contributed by atoms with Gasteiger partial charge in [-0.05, 0) is 11.4 Å². The lowest BCUT2D eigenvalue weighted by molar-refractivity contribution is 0.322. The lowest BCUT2D eigenvalue weighted by Crippen LogP contribution is -1.77. The van der Waals surface area contributed by atoms with Gasteiger partial charge in [0.25, 0.3) is 0 Å². The van der Waals surface area contributed by atoms with Crippen LogP contribution in [0.15, 0.2) is 23.2 Å². The van der Waals surface area contributed by atoms with Crippen LogP contribution < -0.4 is 0 Å². The molecule has 0 aliphatic carbocycles. The Morgan fingerprint density at radius 2 is 2.50 bits per heavy atom. The Morgan fingerprint density at radius 1 is 1.70 bits per heavy atom. The minimum absolute atomic E-state index is 0.905. The lowest BCUT2D eigenvalue weighted by Gasteiger charge is -1.85. The third-order valence-electron chi connectivity index (χ3n) is 1.11. The predicted octanol–water partition coefficient (Wildman–Crippen LogP) is 2.20. The van der Waals surface area contributed by atoms with Crippen molar-refractivity contribution >= 4 is 23.6 Å². The Kier molecular flexibility index (Phi) is 2.23. The SMILES string of the molecule is C=Cc1sccc1/C=N/O. The molecule has 0 saturated carbocycles. The van der Waals surface area contributed by atoms with Gasteiger partial charge in [0.2, 0.25) is 0 Å². The summed E-state index contributed by atoms with van der Waals surface area (Å²) >= 11 is 1.57. The molecule has 2 nitrogen and oxygen atoms in total. The Bertz CT molecular complexity index is 252. The molecule has 0 unspecified atom stereocenters. The fourth-order valence-corrected chi connectivity index (χ4v) is 1.38. The molecule has 0 bridgehead atoms. The minimum atomic E-state index is 0.905. The molecule has 0 atom stereocenters. The van der Waals surface area contributed by atoms with Crippen molar-refractivity contribution in [2.75, 3.05) is 0 Å². The summed E-state index contributed by atoms with van der Waals surface area (Å²) < 4.78 is 0. The molecule has 0 amide bonds. The number of hydrogen-bond acceptors (Lipinski definition) is 3. The summed E-state index contributed by atoms with van der Waals surface area (Å²) in [7, 11) is 0. The maximum absolute atomic E-state index is 8.20. The zero-order valence-corrected chi connectivity index (χ0v) is 6.14. The van der Waals surface area contributed by atoms with E-state index in [1.807, 2.05) is 11.4 Å². The molecule has 0 fully saturated rings. The van der Waals surface area contributed by atoms with Gasteiger partial charge < -0.3 is 5.21 Å². The molecule has 1 N–H and O–H groups in total. The van der Waals surface area contributed by atoms with Crippen LogP contribution in [0.5, 0.6) is 0 Å². The highest BCUT2D eigenvalue weighted by molar-refractivity contribution is 7.11. The second kappa shape index (κ2) is 3.17. The van der Waals surface area contributed by atoms with E-state index in [9.17, 15) is 0 Å². The molecular weight excluding hydrogens is 146 g/mol. The van der Waals surface area contributed by atoms with Gasteiger partial charge in [0, 0.05) is 10.4 Å². The van der Waals surface area contributed by atoms with Crippen LogP contribution in [0.3, 0.4) is 0 Å². The molecule has 0 radical (unpaired) electrons. The van der Waals surface area contributed by atoms with E-state index in [1.54, 1.807) is 17.4 Å². The summed E-state index contributed by atoms with van der Waals surface area (Å²) in [6.07, 6.45) is 3.13. The quantitative estimate of drug-likeness (QED) is 0.394. The summed E-state index contributed by atoms with van der Waals surface area (Å²) in [5.41, 5.74) is 0.905. The van der Waals surface area contributed by atoms with Gasteiger partial charge in [-0.25, -0.2) is 0 Å². The molecule has 1 rings (SSSR count). The highest BCUT2D eigenvalue weighted by Crippen LogP contribution is 2.15. The van der Waals surface area contributed by atoms with Crippen LogP contribution in [0.25, 0.3) is 6.08 Å². The fourth-order valence-electron chi connectivity index (χ4n) is 0.666. The zero-order valence-electron chi connectivity index (χ0n) is 5.32. The molecule has 0 saturated heterocycles. The van der Waals surface area contributed by atoms with Crippen molar-refractivity contribution in [3.8, 4) is 0 Å². The third kappa shape index (κ3) is 1.25. The summed E-state index contributed by atoms with van der Waals surface area (Å²) in [6, 6.07) is 1.88. The number of oxime groups is 1. The van der Waals surface area contributed by atoms with Gasteiger partial charge in [0.1, 0.15) is 0 Å². The van der Waals surface area contributed by atoms with Gasteiger partial charge in [-0.2, -0.15) is 0 Å². The Hall–Kier alpha value is -1.09. The molecule has 3 heteroatoms. The van der Waals surface area contributed by atoms with E-state index in [2.05, 4.69) is 11.7 Å². The highest BCUT2D eigenvalue weighted by atomic mass is 32.1. The summed E-state index contributed by atoms with van der Waals surface area (Å²) in [6.45, 7) is 3.61. The van der Waals surface area contributed by atoms with E-state index >= 15 is 0 Å². The van der Waals surface area contributed by atoms with Crippen LogP contribution in [0.2, 0.25) is 0 Å². The van der Waals surface area contributed by atoms with Crippen molar-refractivity contribution in [3.05, 3.63) is 28.5 Å². The van der Waals surface area contributed by atoms with Gasteiger partial charge >= 0.3 is 0 Å². The molecule has 0 aromatic carbocycles. The van der Waals surface area contributed by atoms with Crippen LogP contribution in [0.1, 0.15) is 10.4 Å². The topological polar surface area (TPSA) is 32.6 Å². The standard InChI is InChI=1S/C7H7NOS/c1-2-7-6(5-8-9)3-4-10-7/h2-5,9H,1H2/b8-5+. The minimum Gasteiger partial charge on any atom is -0.411 e. The third-order valence-corrected chi connectivity index (χ3v) is 2.04. The van der Waals surface area contributed by atoms with Crippen LogP contribution >= 0.6 is 11.3 Å². The molecule has 1 heterocycles. The van der Waals surface area contributed by atoms with Gasteiger partial charge in [-0.3, -0.25) is 0 Å². The molecule has 1 aromatic rings. The second-order valence-corrected chi connectivity index (χ2v) is 2.64. The van der Waals surface area contributed by atoms with Crippen molar-refractivity contribution in [2.24, 2.45) is 5.16 Å². The highest BCUT2D eigenvalue weighted by Gasteiger charge is 1.95. The van der Waals surface area contributed by atoms with Crippen molar-refractivity contribution in [1.29, 1.82) is 0 Å². The first-order valence-electron chi connectivity index (χ1n) is 2.76. The zero-order chi connectivity index (χ0) is 7.40. The maximum atomic E-state index is 8.20. The maximum Gasteiger partial charge on any atom is 0.0748 e. The van der Waals surface area contributed by atoms with Crippen LogP contribution in [0.4, 0.5) is 0 Å². The molecule has 10 heavy (non-hydrogen) atoms. The Balaban J connectivity index is 3.00. The largest absolute Gasteiger partial charge is 0.411 e. The second-order valence-electron chi connectivity index (χ2n) is 1.69. The van der Waals surface area contributed by atoms with Gasteiger partial charge in [-0.1, -0.05) is 17.8 Å². The molecule has 0 aliphatic rings. The first-order valence-corrected chi connectivity index (χ1v) is 3.64. The molecular formula is C7H7NOS. The van der Waals surface area contributed by atoms with E-state index in [4.69, 9.17) is 5.21 Å². The van der Waals surface area contributed by atoms with Gasteiger partial charge in [0.05, 0.1) is 6.21 Å². The smallest absolute Gasteiger partial charge is 0.0748 e. The first kappa shape index (κ1) is 7.02. The summed E-state index contributed by atoms with van der Waals surface area (Å²) in [5.74, 6) is 0. The predicted molar refractivity (Wildman–Crippen MR) is 43.8 cm³/mol. The normalized spacial score (nSPS) is 10.4. The van der Waals surface area contributed by atoms with E-state index in [1.165, 1.54) is 6.21 Å². The number of rotatable bonds is 2.